The molecule has 0 saturated carbocycles. The average molecular weight is 428 g/mol. The van der Waals surface area contributed by atoms with Gasteiger partial charge in [-0.15, -0.1) is 5.10 Å². The molecule has 1 N–H and O–H groups in total. The van der Waals surface area contributed by atoms with E-state index in [4.69, 9.17) is 0 Å². The Morgan fingerprint density at radius 2 is 1.75 bits per heavy atom. The molecule has 0 spiro atoms. The highest BCUT2D eigenvalue weighted by atomic mass is 19.1. The van der Waals surface area contributed by atoms with E-state index in [0.717, 1.165) is 0 Å². The number of nitrogens with one attached hydrogen (secondary N) is 1. The number of hydrogen-bond acceptors (Lipinski definition) is 5. The molecule has 0 bridgehead atoms. The molecule has 32 heavy (non-hydrogen) atoms. The molecule has 1 aliphatic rings. The summed E-state index contributed by atoms with van der Waals surface area (Å²) in [6.45, 7) is 0. The number of aromatic nitrogens is 3. The number of para-hydroxylation sites is 1. The van der Waals surface area contributed by atoms with Crippen molar-refractivity contribution in [3.8, 4) is 0 Å². The van der Waals surface area contributed by atoms with Crippen LogP contribution in [0.2, 0.25) is 0 Å². The predicted molar refractivity (Wildman–Crippen MR) is 116 cm³/mol. The van der Waals surface area contributed by atoms with Gasteiger partial charge < -0.3 is 10.2 Å². The van der Waals surface area contributed by atoms with Crippen LogP contribution in [0, 0.1) is 5.82 Å². The lowest BCUT2D eigenvalue weighted by atomic mass is 10.00. The molecule has 1 unspecified atom stereocenters. The first-order valence-electron chi connectivity index (χ1n) is 9.84. The molecule has 5 rings (SSSR count). The van der Waals surface area contributed by atoms with Gasteiger partial charge >= 0.3 is 0 Å². The normalized spacial score (nSPS) is 15.8. The Hall–Kier alpha value is -4.40. The summed E-state index contributed by atoms with van der Waals surface area (Å²) in [5.74, 6) is -1.49. The first-order valence-corrected chi connectivity index (χ1v) is 9.84. The van der Waals surface area contributed by atoms with E-state index < -0.39 is 23.8 Å². The van der Waals surface area contributed by atoms with Crippen molar-refractivity contribution in [3.63, 3.8) is 0 Å². The maximum Gasteiger partial charge on any atom is 0.272 e. The maximum atomic E-state index is 14.7. The number of benzodiazepines with no additional fused rings is 1. The first kappa shape index (κ1) is 19.6. The van der Waals surface area contributed by atoms with Gasteiger partial charge in [0.25, 0.3) is 11.8 Å². The molecule has 1 atom stereocenters. The van der Waals surface area contributed by atoms with Crippen LogP contribution in [0.25, 0.3) is 5.52 Å². The Bertz CT molecular complexity index is 1400. The number of fused-ring (bicyclic) bond motifs is 2. The zero-order chi connectivity index (χ0) is 22.2. The van der Waals surface area contributed by atoms with E-state index in [2.05, 4.69) is 20.6 Å². The lowest BCUT2D eigenvalue weighted by molar-refractivity contribution is -0.119. The number of rotatable bonds is 3. The van der Waals surface area contributed by atoms with Crippen LogP contribution in [0.15, 0.2) is 77.9 Å². The van der Waals surface area contributed by atoms with E-state index >= 15 is 0 Å². The van der Waals surface area contributed by atoms with Crippen LogP contribution in [-0.4, -0.2) is 45.6 Å². The number of carbonyl (C=O) groups is 2. The van der Waals surface area contributed by atoms with Gasteiger partial charge in [-0.1, -0.05) is 41.6 Å². The van der Waals surface area contributed by atoms with Gasteiger partial charge in [0.1, 0.15) is 11.5 Å². The second-order valence-electron chi connectivity index (χ2n) is 7.23. The SMILES string of the molecule is CN1C(=O)C(NC(=O)c2cccc3cnnn23)N=C(c2ccccc2F)c2ccccc21. The molecular weight excluding hydrogens is 411 g/mol. The topological polar surface area (TPSA) is 92.0 Å². The Morgan fingerprint density at radius 3 is 2.56 bits per heavy atom. The Balaban J connectivity index is 1.61. The van der Waals surface area contributed by atoms with Crippen LogP contribution in [-0.2, 0) is 4.79 Å². The fourth-order valence-electron chi connectivity index (χ4n) is 3.71. The number of carbonyl (C=O) groups excluding carboxylic acids is 2. The smallest absolute Gasteiger partial charge is 0.272 e. The monoisotopic (exact) mass is 428 g/mol. The molecule has 0 radical (unpaired) electrons. The highest BCUT2D eigenvalue weighted by Gasteiger charge is 2.32. The summed E-state index contributed by atoms with van der Waals surface area (Å²) in [5.41, 5.74) is 2.49. The van der Waals surface area contributed by atoms with Crippen molar-refractivity contribution in [1.29, 1.82) is 0 Å². The summed E-state index contributed by atoms with van der Waals surface area (Å²) in [5, 5.41) is 10.4. The van der Waals surface area contributed by atoms with Crippen molar-refractivity contribution in [3.05, 3.63) is 95.6 Å². The number of aliphatic imine (C=N–C) groups is 1. The minimum absolute atomic E-state index is 0.194. The van der Waals surface area contributed by atoms with Crippen LogP contribution in [0.5, 0.6) is 0 Å². The Labute approximate surface area is 182 Å². The second-order valence-corrected chi connectivity index (χ2v) is 7.23. The first-order chi connectivity index (χ1) is 15.5. The molecule has 4 aromatic rings. The molecule has 158 valence electrons. The Kier molecular flexibility index (Phi) is 4.70. The summed E-state index contributed by atoms with van der Waals surface area (Å²) in [4.78, 5) is 32.2. The van der Waals surface area contributed by atoms with Gasteiger partial charge in [0.2, 0.25) is 6.17 Å². The summed E-state index contributed by atoms with van der Waals surface area (Å²) >= 11 is 0. The highest BCUT2D eigenvalue weighted by Crippen LogP contribution is 2.28. The van der Waals surface area contributed by atoms with Gasteiger partial charge in [-0.3, -0.25) is 9.59 Å². The minimum atomic E-state index is -1.27. The van der Waals surface area contributed by atoms with E-state index in [9.17, 15) is 14.0 Å². The van der Waals surface area contributed by atoms with E-state index in [1.807, 2.05) is 0 Å². The highest BCUT2D eigenvalue weighted by molar-refractivity contribution is 6.20. The second kappa shape index (κ2) is 7.69. The molecule has 8 nitrogen and oxygen atoms in total. The molecule has 0 saturated heterocycles. The number of halogens is 1. The van der Waals surface area contributed by atoms with Crippen molar-refractivity contribution < 1.29 is 14.0 Å². The molecule has 3 heterocycles. The summed E-state index contributed by atoms with van der Waals surface area (Å²) in [7, 11) is 1.60. The fourth-order valence-corrected chi connectivity index (χ4v) is 3.71. The number of anilines is 1. The lowest BCUT2D eigenvalue weighted by Crippen LogP contribution is -2.46. The Morgan fingerprint density at radius 1 is 1.00 bits per heavy atom. The third-order valence-corrected chi connectivity index (χ3v) is 5.30. The van der Waals surface area contributed by atoms with Crippen LogP contribution in [0.4, 0.5) is 10.1 Å². The maximum absolute atomic E-state index is 14.7. The zero-order valence-corrected chi connectivity index (χ0v) is 16.9. The van der Waals surface area contributed by atoms with Crippen LogP contribution >= 0.6 is 0 Å². The predicted octanol–water partition coefficient (Wildman–Crippen LogP) is 2.44. The summed E-state index contributed by atoms with van der Waals surface area (Å²) in [6, 6.07) is 18.3. The van der Waals surface area contributed by atoms with E-state index in [1.54, 1.807) is 67.7 Å². The number of pyridine rings is 1. The van der Waals surface area contributed by atoms with Crippen LogP contribution < -0.4 is 10.2 Å². The van der Waals surface area contributed by atoms with Crippen molar-refractivity contribution in [2.75, 3.05) is 11.9 Å². The number of amides is 2. The summed E-state index contributed by atoms with van der Waals surface area (Å²) < 4.78 is 16.1. The van der Waals surface area contributed by atoms with E-state index in [0.29, 0.717) is 16.8 Å². The van der Waals surface area contributed by atoms with E-state index in [-0.39, 0.29) is 17.0 Å². The number of likely N-dealkylation sites (N-methyl/N-ethyl adjacent to an activating group) is 1. The molecule has 0 fully saturated rings. The van der Waals surface area contributed by atoms with E-state index in [1.165, 1.54) is 21.7 Å². The summed E-state index contributed by atoms with van der Waals surface area (Å²) in [6.07, 6.45) is 0.250. The molecule has 2 aromatic heterocycles. The number of nitrogens with zero attached hydrogens (tertiary/aromatic N) is 5. The van der Waals surface area contributed by atoms with Crippen molar-refractivity contribution >= 4 is 28.7 Å². The molecular formula is C23H17FN6O2. The minimum Gasteiger partial charge on any atom is -0.321 e. The quantitative estimate of drug-likeness (QED) is 0.543. The van der Waals surface area contributed by atoms with Gasteiger partial charge in [0.05, 0.1) is 23.1 Å². The van der Waals surface area contributed by atoms with Crippen LogP contribution in [0.3, 0.4) is 0 Å². The number of benzene rings is 2. The van der Waals surface area contributed by atoms with Gasteiger partial charge in [0.15, 0.2) is 0 Å². The molecule has 9 heteroatoms. The van der Waals surface area contributed by atoms with Crippen molar-refractivity contribution in [2.45, 2.75) is 6.17 Å². The third kappa shape index (κ3) is 3.20. The third-order valence-electron chi connectivity index (χ3n) is 5.30. The fraction of sp³-hybridized carbons (Fsp3) is 0.0870. The van der Waals surface area contributed by atoms with Gasteiger partial charge in [-0.2, -0.15) is 0 Å². The zero-order valence-electron chi connectivity index (χ0n) is 16.9. The average Bonchev–Trinajstić information content (AvgIpc) is 3.27. The van der Waals surface area contributed by atoms with Crippen molar-refractivity contribution in [1.82, 2.24) is 20.1 Å². The molecule has 2 aromatic carbocycles. The van der Waals surface area contributed by atoms with Gasteiger partial charge in [0, 0.05) is 18.2 Å². The standard InChI is InChI=1S/C23H17FN6O2/c1-29-18-11-5-3-9-16(18)20(15-8-2-4-10-17(15)24)26-21(23(29)32)27-22(31)19-12-6-7-14-13-25-28-30(14)19/h2-13,21H,1H3,(H,27,31). The number of hydrogen-bond donors (Lipinski definition) is 1. The van der Waals surface area contributed by atoms with Crippen LogP contribution in [0.1, 0.15) is 21.6 Å². The largest absolute Gasteiger partial charge is 0.321 e. The van der Waals surface area contributed by atoms with Gasteiger partial charge in [-0.05, 0) is 30.3 Å². The lowest BCUT2D eigenvalue weighted by Gasteiger charge is -2.20. The molecule has 0 aliphatic carbocycles. The van der Waals surface area contributed by atoms with Crippen molar-refractivity contribution in [2.24, 2.45) is 4.99 Å². The molecule has 2 amide bonds. The molecule has 1 aliphatic heterocycles. The van der Waals surface area contributed by atoms with Gasteiger partial charge in [-0.25, -0.2) is 13.9 Å².